The molecule has 0 unspecified atom stereocenters. The van der Waals surface area contributed by atoms with Gasteiger partial charge in [0, 0.05) is 0 Å². The molecule has 0 spiro atoms. The van der Waals surface area contributed by atoms with E-state index in [2.05, 4.69) is 4.85 Å². The summed E-state index contributed by atoms with van der Waals surface area (Å²) in [6.45, 7) is 7.39. The Morgan fingerprint density at radius 1 is 0.938 bits per heavy atom. The van der Waals surface area contributed by atoms with Gasteiger partial charge < -0.3 is 4.74 Å². The summed E-state index contributed by atoms with van der Waals surface area (Å²) in [6.07, 6.45) is 0. The largest absolute Gasteiger partial charge is 0.489 e. The molecule has 0 aliphatic carbocycles. The highest BCUT2D eigenvalue weighted by Gasteiger charge is 1.95. The van der Waals surface area contributed by atoms with Crippen LogP contribution in [0.4, 0.5) is 5.69 Å². The Bertz CT molecular complexity index is 482. The van der Waals surface area contributed by atoms with Gasteiger partial charge in [-0.25, -0.2) is 4.85 Å². The van der Waals surface area contributed by atoms with Crippen LogP contribution in [0.3, 0.4) is 0 Å². The van der Waals surface area contributed by atoms with Crippen LogP contribution in [0.5, 0.6) is 5.75 Å². The molecule has 0 saturated heterocycles. The summed E-state index contributed by atoms with van der Waals surface area (Å²) in [5.41, 5.74) is 1.77. The molecule has 0 amide bonds. The Labute approximate surface area is 94.9 Å². The first-order valence-electron chi connectivity index (χ1n) is 5.03. The van der Waals surface area contributed by atoms with Crippen molar-refractivity contribution in [3.05, 3.63) is 71.6 Å². The summed E-state index contributed by atoms with van der Waals surface area (Å²) in [7, 11) is 0. The maximum atomic E-state index is 6.83. The van der Waals surface area contributed by atoms with Crippen LogP contribution >= 0.6 is 0 Å². The monoisotopic (exact) mass is 209 g/mol. The van der Waals surface area contributed by atoms with Crippen molar-refractivity contribution < 1.29 is 4.74 Å². The van der Waals surface area contributed by atoms with E-state index in [0.29, 0.717) is 12.3 Å². The molecule has 0 radical (unpaired) electrons. The second-order valence-corrected chi connectivity index (χ2v) is 3.38. The molecule has 2 rings (SSSR count). The van der Waals surface area contributed by atoms with E-state index in [1.165, 1.54) is 0 Å². The van der Waals surface area contributed by atoms with Crippen LogP contribution in [-0.4, -0.2) is 0 Å². The zero-order chi connectivity index (χ0) is 11.2. The lowest BCUT2D eigenvalue weighted by Gasteiger charge is -2.05. The van der Waals surface area contributed by atoms with Crippen molar-refractivity contribution in [1.29, 1.82) is 0 Å². The molecule has 0 aromatic heterocycles. The predicted octanol–water partition coefficient (Wildman–Crippen LogP) is 3.82. The maximum Gasteiger partial charge on any atom is 0.187 e. The van der Waals surface area contributed by atoms with Crippen LogP contribution in [0.25, 0.3) is 4.85 Å². The average molecular weight is 209 g/mol. The molecular formula is C14H11NO. The number of benzene rings is 2. The quantitative estimate of drug-likeness (QED) is 0.701. The van der Waals surface area contributed by atoms with Gasteiger partial charge in [-0.2, -0.15) is 0 Å². The molecule has 0 aliphatic rings. The third-order valence-corrected chi connectivity index (χ3v) is 2.21. The van der Waals surface area contributed by atoms with Crippen molar-refractivity contribution in [2.24, 2.45) is 0 Å². The Kier molecular flexibility index (Phi) is 3.20. The molecule has 0 N–H and O–H groups in total. The minimum atomic E-state index is 0.554. The molecule has 16 heavy (non-hydrogen) atoms. The van der Waals surface area contributed by atoms with Gasteiger partial charge in [0.1, 0.15) is 12.4 Å². The van der Waals surface area contributed by atoms with E-state index in [1.807, 2.05) is 42.5 Å². The Hall–Kier alpha value is -2.27. The van der Waals surface area contributed by atoms with Gasteiger partial charge in [-0.3, -0.25) is 0 Å². The first kappa shape index (κ1) is 10.3. The summed E-state index contributed by atoms with van der Waals surface area (Å²) < 4.78 is 5.59. The zero-order valence-corrected chi connectivity index (χ0v) is 8.76. The van der Waals surface area contributed by atoms with Crippen LogP contribution in [0, 0.1) is 6.57 Å². The summed E-state index contributed by atoms with van der Waals surface area (Å²) in [5.74, 6) is 0.788. The van der Waals surface area contributed by atoms with Crippen molar-refractivity contribution >= 4 is 5.69 Å². The van der Waals surface area contributed by atoms with Crippen molar-refractivity contribution in [2.45, 2.75) is 6.61 Å². The first-order valence-corrected chi connectivity index (χ1v) is 5.03. The normalized spacial score (nSPS) is 9.44. The van der Waals surface area contributed by atoms with E-state index in [1.54, 1.807) is 12.1 Å². The third-order valence-electron chi connectivity index (χ3n) is 2.21. The standard InChI is InChI=1S/C14H11NO/c1-15-13-7-9-14(10-8-13)16-11-12-5-3-2-4-6-12/h2-10H,11H2. The van der Waals surface area contributed by atoms with Gasteiger partial charge in [-0.15, -0.1) is 0 Å². The molecule has 2 heteroatoms. The maximum absolute atomic E-state index is 6.83. The van der Waals surface area contributed by atoms with E-state index in [-0.39, 0.29) is 0 Å². The predicted molar refractivity (Wildman–Crippen MR) is 63.5 cm³/mol. The van der Waals surface area contributed by atoms with Crippen LogP contribution in [0.2, 0.25) is 0 Å². The highest BCUT2D eigenvalue weighted by Crippen LogP contribution is 2.18. The fraction of sp³-hybridized carbons (Fsp3) is 0.0714. The van der Waals surface area contributed by atoms with Crippen molar-refractivity contribution in [2.75, 3.05) is 0 Å². The van der Waals surface area contributed by atoms with Crippen molar-refractivity contribution in [1.82, 2.24) is 0 Å². The number of rotatable bonds is 3. The second-order valence-electron chi connectivity index (χ2n) is 3.38. The summed E-state index contributed by atoms with van der Waals surface area (Å²) in [5, 5.41) is 0. The van der Waals surface area contributed by atoms with Gasteiger partial charge in [0.05, 0.1) is 6.57 Å². The van der Waals surface area contributed by atoms with Crippen LogP contribution in [-0.2, 0) is 6.61 Å². The lowest BCUT2D eigenvalue weighted by molar-refractivity contribution is 0.306. The highest BCUT2D eigenvalue weighted by atomic mass is 16.5. The highest BCUT2D eigenvalue weighted by molar-refractivity contribution is 5.46. The third kappa shape index (κ3) is 2.61. The van der Waals surface area contributed by atoms with Gasteiger partial charge in [0.2, 0.25) is 0 Å². The molecule has 0 heterocycles. The molecule has 0 fully saturated rings. The first-order chi connectivity index (χ1) is 7.88. The molecular weight excluding hydrogens is 198 g/mol. The van der Waals surface area contributed by atoms with Gasteiger partial charge in [0.15, 0.2) is 5.69 Å². The van der Waals surface area contributed by atoms with E-state index in [4.69, 9.17) is 11.3 Å². The van der Waals surface area contributed by atoms with Gasteiger partial charge in [0.25, 0.3) is 0 Å². The number of ether oxygens (including phenoxy) is 1. The Balaban J connectivity index is 1.98. The molecule has 2 aromatic rings. The Morgan fingerprint density at radius 2 is 1.62 bits per heavy atom. The fourth-order valence-corrected chi connectivity index (χ4v) is 1.36. The average Bonchev–Trinajstić information content (AvgIpc) is 2.38. The van der Waals surface area contributed by atoms with E-state index in [0.717, 1.165) is 11.3 Å². The molecule has 0 aliphatic heterocycles. The molecule has 2 nitrogen and oxygen atoms in total. The smallest absolute Gasteiger partial charge is 0.187 e. The van der Waals surface area contributed by atoms with E-state index < -0.39 is 0 Å². The molecule has 78 valence electrons. The summed E-state index contributed by atoms with van der Waals surface area (Å²) in [6, 6.07) is 17.1. The Morgan fingerprint density at radius 3 is 2.25 bits per heavy atom. The molecule has 0 saturated carbocycles. The lowest BCUT2D eigenvalue weighted by Crippen LogP contribution is -1.94. The van der Waals surface area contributed by atoms with Crippen molar-refractivity contribution in [3.8, 4) is 5.75 Å². The van der Waals surface area contributed by atoms with Gasteiger partial charge in [-0.05, 0) is 17.7 Å². The summed E-state index contributed by atoms with van der Waals surface area (Å²) in [4.78, 5) is 3.32. The molecule has 2 aromatic carbocycles. The van der Waals surface area contributed by atoms with Crippen LogP contribution in [0.15, 0.2) is 54.6 Å². The number of hydrogen-bond donors (Lipinski definition) is 0. The van der Waals surface area contributed by atoms with Crippen LogP contribution in [0.1, 0.15) is 5.56 Å². The van der Waals surface area contributed by atoms with E-state index in [9.17, 15) is 0 Å². The van der Waals surface area contributed by atoms with Crippen LogP contribution < -0.4 is 4.74 Å². The summed E-state index contributed by atoms with van der Waals surface area (Å²) >= 11 is 0. The molecule has 0 bridgehead atoms. The minimum Gasteiger partial charge on any atom is -0.489 e. The topological polar surface area (TPSA) is 13.6 Å². The van der Waals surface area contributed by atoms with E-state index >= 15 is 0 Å². The minimum absolute atomic E-state index is 0.554. The van der Waals surface area contributed by atoms with Crippen molar-refractivity contribution in [3.63, 3.8) is 0 Å². The zero-order valence-electron chi connectivity index (χ0n) is 8.76. The van der Waals surface area contributed by atoms with Gasteiger partial charge in [-0.1, -0.05) is 42.5 Å². The fourth-order valence-electron chi connectivity index (χ4n) is 1.36. The SMILES string of the molecule is [C-]#[N+]c1ccc(OCc2ccccc2)cc1. The number of nitrogens with zero attached hydrogens (tertiary/aromatic N) is 1. The van der Waals surface area contributed by atoms with Gasteiger partial charge >= 0.3 is 0 Å². The second kappa shape index (κ2) is 4.99. The lowest BCUT2D eigenvalue weighted by atomic mass is 10.2. The number of hydrogen-bond acceptors (Lipinski definition) is 1. The molecule has 0 atom stereocenters.